The van der Waals surface area contributed by atoms with E-state index in [9.17, 15) is 9.18 Å². The Bertz CT molecular complexity index is 955. The van der Waals surface area contributed by atoms with Crippen molar-refractivity contribution in [2.75, 3.05) is 37.2 Å². The summed E-state index contributed by atoms with van der Waals surface area (Å²) in [7, 11) is 1.59. The lowest BCUT2D eigenvalue weighted by atomic mass is 10.1. The summed E-state index contributed by atoms with van der Waals surface area (Å²) in [5, 5.41) is 13.9. The van der Waals surface area contributed by atoms with Crippen LogP contribution in [0.5, 0.6) is 0 Å². The maximum atomic E-state index is 14.7. The van der Waals surface area contributed by atoms with Gasteiger partial charge in [0.25, 0.3) is 0 Å². The Morgan fingerprint density at radius 3 is 2.93 bits per heavy atom. The standard InChI is InChI=1S/C19H21FN6O4/c1-29-11-25-9-18(23-24-25)22-17-5-2-12(7-21-17)15-4-3-13(6-16(15)20)26-8-14(10-27)30-19(26)28/h2-7,9,14,23-24,27H,8,10-11H2,1H3,(H,21,22). The number of aliphatic hydroxyl groups is 1. The van der Waals surface area contributed by atoms with Crippen molar-refractivity contribution < 1.29 is 23.8 Å². The van der Waals surface area contributed by atoms with E-state index in [1.807, 2.05) is 0 Å². The van der Waals surface area contributed by atoms with Crippen LogP contribution in [-0.2, 0) is 9.47 Å². The zero-order chi connectivity index (χ0) is 21.1. The number of hydrogen-bond acceptors (Lipinski definition) is 9. The molecule has 11 heteroatoms. The minimum Gasteiger partial charge on any atom is -0.441 e. The third kappa shape index (κ3) is 4.13. The van der Waals surface area contributed by atoms with Crippen molar-refractivity contribution >= 4 is 17.6 Å². The van der Waals surface area contributed by atoms with Crippen LogP contribution in [-0.4, -0.2) is 54.3 Å². The number of hydrogen-bond donors (Lipinski definition) is 4. The van der Waals surface area contributed by atoms with Crippen LogP contribution in [0.4, 0.5) is 20.7 Å². The van der Waals surface area contributed by atoms with Gasteiger partial charge in [-0.15, -0.1) is 5.53 Å². The van der Waals surface area contributed by atoms with Crippen LogP contribution in [0.2, 0.25) is 0 Å². The highest BCUT2D eigenvalue weighted by Crippen LogP contribution is 2.29. The summed E-state index contributed by atoms with van der Waals surface area (Å²) in [6.07, 6.45) is 2.13. The van der Waals surface area contributed by atoms with Crippen LogP contribution in [0.15, 0.2) is 48.5 Å². The first-order chi connectivity index (χ1) is 14.6. The first-order valence-electron chi connectivity index (χ1n) is 9.18. The Kier molecular flexibility index (Phi) is 5.65. The van der Waals surface area contributed by atoms with E-state index in [0.29, 0.717) is 35.2 Å². The third-order valence-corrected chi connectivity index (χ3v) is 4.57. The Morgan fingerprint density at radius 2 is 2.27 bits per heavy atom. The second-order valence-electron chi connectivity index (χ2n) is 6.69. The molecule has 158 valence electrons. The van der Waals surface area contributed by atoms with Crippen LogP contribution in [0, 0.1) is 5.82 Å². The molecule has 2 aliphatic rings. The van der Waals surface area contributed by atoms with Gasteiger partial charge in [0.2, 0.25) is 0 Å². The van der Waals surface area contributed by atoms with Gasteiger partial charge < -0.3 is 19.9 Å². The number of hydrazine groups is 2. The van der Waals surface area contributed by atoms with E-state index in [4.69, 9.17) is 14.6 Å². The molecule has 1 unspecified atom stereocenters. The Balaban J connectivity index is 1.45. The maximum Gasteiger partial charge on any atom is 0.414 e. The molecule has 2 aliphatic heterocycles. The van der Waals surface area contributed by atoms with Crippen LogP contribution in [0.1, 0.15) is 0 Å². The van der Waals surface area contributed by atoms with Gasteiger partial charge >= 0.3 is 6.09 Å². The summed E-state index contributed by atoms with van der Waals surface area (Å²) < 4.78 is 24.7. The lowest BCUT2D eigenvalue weighted by Crippen LogP contribution is -2.38. The highest BCUT2D eigenvalue weighted by Gasteiger charge is 2.32. The number of pyridine rings is 1. The lowest BCUT2D eigenvalue weighted by molar-refractivity contribution is 0.0647. The molecule has 1 aromatic carbocycles. The number of halogens is 1. The molecule has 0 saturated carbocycles. The summed E-state index contributed by atoms with van der Waals surface area (Å²) >= 11 is 0. The minimum atomic E-state index is -0.606. The highest BCUT2D eigenvalue weighted by atomic mass is 19.1. The number of cyclic esters (lactones) is 1. The van der Waals surface area contributed by atoms with Gasteiger partial charge in [-0.2, -0.15) is 0 Å². The molecular weight excluding hydrogens is 395 g/mol. The van der Waals surface area contributed by atoms with Gasteiger partial charge in [0.15, 0.2) is 0 Å². The number of methoxy groups -OCH3 is 1. The van der Waals surface area contributed by atoms with Crippen LogP contribution in [0.3, 0.4) is 0 Å². The van der Waals surface area contributed by atoms with Crippen molar-refractivity contribution in [3.8, 4) is 11.1 Å². The van der Waals surface area contributed by atoms with Gasteiger partial charge in [-0.25, -0.2) is 14.2 Å². The molecule has 1 saturated heterocycles. The normalized spacial score (nSPS) is 18.3. The minimum absolute atomic E-state index is 0.177. The highest BCUT2D eigenvalue weighted by molar-refractivity contribution is 5.90. The molecule has 4 N–H and O–H groups in total. The van der Waals surface area contributed by atoms with Gasteiger partial charge in [0, 0.05) is 24.4 Å². The molecule has 0 spiro atoms. The van der Waals surface area contributed by atoms with Gasteiger partial charge in [0.05, 0.1) is 25.0 Å². The van der Waals surface area contributed by atoms with Crippen molar-refractivity contribution in [3.63, 3.8) is 0 Å². The average Bonchev–Trinajstić information content (AvgIpc) is 3.35. The number of carbonyl (C=O) groups excluding carboxylic acids is 1. The topological polar surface area (TPSA) is 111 Å². The number of nitrogens with zero attached hydrogens (tertiary/aromatic N) is 3. The number of carbonyl (C=O) groups is 1. The first-order valence-corrected chi connectivity index (χ1v) is 9.18. The van der Waals surface area contributed by atoms with Gasteiger partial charge in [-0.1, -0.05) is 0 Å². The van der Waals surface area contributed by atoms with E-state index < -0.39 is 18.0 Å². The van der Waals surface area contributed by atoms with Crippen molar-refractivity contribution in [2.24, 2.45) is 0 Å². The summed E-state index contributed by atoms with van der Waals surface area (Å²) in [6.45, 7) is 0.272. The largest absolute Gasteiger partial charge is 0.441 e. The molecule has 0 bridgehead atoms. The Morgan fingerprint density at radius 1 is 1.40 bits per heavy atom. The van der Waals surface area contributed by atoms with Gasteiger partial charge in [0.1, 0.15) is 30.3 Å². The van der Waals surface area contributed by atoms with E-state index in [1.54, 1.807) is 48.8 Å². The van der Waals surface area contributed by atoms with Crippen LogP contribution >= 0.6 is 0 Å². The summed E-state index contributed by atoms with van der Waals surface area (Å²) in [5.41, 5.74) is 7.13. The Hall–Kier alpha value is -3.41. The van der Waals surface area contributed by atoms with Crippen molar-refractivity contribution in [1.29, 1.82) is 0 Å². The first kappa shape index (κ1) is 19.9. The number of amides is 1. The number of anilines is 2. The quantitative estimate of drug-likeness (QED) is 0.531. The second kappa shape index (κ2) is 8.53. The van der Waals surface area contributed by atoms with Crippen molar-refractivity contribution in [2.45, 2.75) is 6.10 Å². The van der Waals surface area contributed by atoms with Crippen molar-refractivity contribution in [1.82, 2.24) is 21.0 Å². The van der Waals surface area contributed by atoms with Crippen LogP contribution in [0.25, 0.3) is 11.1 Å². The summed E-state index contributed by atoms with van der Waals surface area (Å²) in [6, 6.07) is 7.96. The van der Waals surface area contributed by atoms with Gasteiger partial charge in [-0.3, -0.25) is 15.3 Å². The molecule has 3 heterocycles. The smallest absolute Gasteiger partial charge is 0.414 e. The zero-order valence-electron chi connectivity index (χ0n) is 16.1. The molecule has 1 amide bonds. The molecule has 10 nitrogen and oxygen atoms in total. The fourth-order valence-corrected chi connectivity index (χ4v) is 3.12. The van der Waals surface area contributed by atoms with E-state index in [1.165, 1.54) is 11.0 Å². The number of ether oxygens (including phenoxy) is 2. The number of nitrogens with one attached hydrogen (secondary N) is 3. The molecule has 1 aromatic heterocycles. The fourth-order valence-electron chi connectivity index (χ4n) is 3.12. The number of benzene rings is 1. The predicted molar refractivity (Wildman–Crippen MR) is 106 cm³/mol. The Labute approximate surface area is 171 Å². The molecule has 0 radical (unpaired) electrons. The van der Waals surface area contributed by atoms with E-state index in [0.717, 1.165) is 0 Å². The van der Waals surface area contributed by atoms with Crippen molar-refractivity contribution in [3.05, 3.63) is 54.4 Å². The zero-order valence-corrected chi connectivity index (χ0v) is 16.1. The van der Waals surface area contributed by atoms with E-state index in [-0.39, 0.29) is 13.2 Å². The van der Waals surface area contributed by atoms with Gasteiger partial charge in [-0.05, 0) is 30.3 Å². The fraction of sp³-hybridized carbons (Fsp3) is 0.263. The second-order valence-corrected chi connectivity index (χ2v) is 6.69. The maximum absolute atomic E-state index is 14.7. The van der Waals surface area contributed by atoms with Crippen LogP contribution < -0.4 is 21.2 Å². The summed E-state index contributed by atoms with van der Waals surface area (Å²) in [4.78, 5) is 17.5. The molecule has 0 aliphatic carbocycles. The molecule has 2 aromatic rings. The van der Waals surface area contributed by atoms with E-state index >= 15 is 0 Å². The SMILES string of the molecule is COCN1C=C(Nc2ccc(-c3ccc(N4CC(CO)OC4=O)cc3F)cn2)NN1. The predicted octanol–water partition coefficient (Wildman–Crippen LogP) is 1.34. The summed E-state index contributed by atoms with van der Waals surface area (Å²) in [5.74, 6) is 0.766. The molecule has 1 atom stereocenters. The number of aromatic nitrogens is 1. The molecular formula is C19H21FN6O4. The van der Waals surface area contributed by atoms with E-state index in [2.05, 4.69) is 21.3 Å². The lowest BCUT2D eigenvalue weighted by Gasteiger charge is -2.14. The molecule has 30 heavy (non-hydrogen) atoms. The number of rotatable bonds is 7. The third-order valence-electron chi connectivity index (χ3n) is 4.57. The molecule has 1 fully saturated rings. The number of aliphatic hydroxyl groups excluding tert-OH is 1. The monoisotopic (exact) mass is 416 g/mol. The molecule has 4 rings (SSSR count). The average molecular weight is 416 g/mol.